The van der Waals surface area contributed by atoms with Gasteiger partial charge in [0.15, 0.2) is 0 Å². The van der Waals surface area contributed by atoms with Crippen molar-refractivity contribution < 1.29 is 8.78 Å². The molecule has 84 valence electrons. The molecule has 2 nitrogen and oxygen atoms in total. The van der Waals surface area contributed by atoms with Gasteiger partial charge in [0.1, 0.15) is 17.3 Å². The molecule has 0 aliphatic carbocycles. The van der Waals surface area contributed by atoms with Gasteiger partial charge in [0.25, 0.3) is 0 Å². The van der Waals surface area contributed by atoms with Crippen LogP contribution in [0.3, 0.4) is 0 Å². The lowest BCUT2D eigenvalue weighted by molar-refractivity contribution is 0.570. The van der Waals surface area contributed by atoms with Crippen LogP contribution in [-0.4, -0.2) is 13.1 Å². The molecule has 0 radical (unpaired) electrons. The zero-order chi connectivity index (χ0) is 11.4. The first kappa shape index (κ1) is 11.9. The lowest BCUT2D eigenvalue weighted by Gasteiger charge is -2.22. The molecule has 1 rings (SSSR count). The van der Waals surface area contributed by atoms with E-state index in [2.05, 4.69) is 0 Å². The van der Waals surface area contributed by atoms with Crippen molar-refractivity contribution in [2.75, 3.05) is 18.0 Å². The van der Waals surface area contributed by atoms with Crippen molar-refractivity contribution in [1.29, 1.82) is 0 Å². The summed E-state index contributed by atoms with van der Waals surface area (Å²) in [6.45, 7) is 5.02. The summed E-state index contributed by atoms with van der Waals surface area (Å²) in [6.07, 6.45) is 0. The smallest absolute Gasteiger partial charge is 0.149 e. The summed E-state index contributed by atoms with van der Waals surface area (Å²) in [4.78, 5) is 1.64. The highest BCUT2D eigenvalue weighted by Crippen LogP contribution is 2.24. The van der Waals surface area contributed by atoms with Gasteiger partial charge < -0.3 is 10.6 Å². The maximum absolute atomic E-state index is 13.6. The van der Waals surface area contributed by atoms with Gasteiger partial charge in [0, 0.05) is 19.6 Å². The minimum Gasteiger partial charge on any atom is -0.367 e. The predicted molar refractivity (Wildman–Crippen MR) is 57.8 cm³/mol. The average molecular weight is 214 g/mol. The Bertz CT molecular complexity index is 312. The van der Waals surface area contributed by atoms with Crippen LogP contribution < -0.4 is 10.6 Å². The van der Waals surface area contributed by atoms with Crippen molar-refractivity contribution >= 4 is 5.69 Å². The van der Waals surface area contributed by atoms with E-state index in [4.69, 9.17) is 5.73 Å². The van der Waals surface area contributed by atoms with Crippen LogP contribution in [0.1, 0.15) is 19.4 Å². The molecular formula is C11H16F2N2. The van der Waals surface area contributed by atoms with Crippen molar-refractivity contribution in [3.05, 3.63) is 29.3 Å². The highest BCUT2D eigenvalue weighted by Gasteiger charge is 2.15. The molecule has 0 aliphatic rings. The normalized spacial score (nSPS) is 10.5. The fraction of sp³-hybridized carbons (Fsp3) is 0.455. The van der Waals surface area contributed by atoms with E-state index < -0.39 is 11.6 Å². The van der Waals surface area contributed by atoms with Gasteiger partial charge in [-0.05, 0) is 31.5 Å². The Balaban J connectivity index is 3.18. The van der Waals surface area contributed by atoms with Crippen LogP contribution in [0.2, 0.25) is 0 Å². The first-order valence-corrected chi connectivity index (χ1v) is 5.06. The van der Waals surface area contributed by atoms with Crippen LogP contribution in [0.15, 0.2) is 12.1 Å². The standard InChI is InChI=1S/C11H16F2N2/c1-3-15(4-2)11-9(12)5-8(7-14)6-10(11)13/h5-6H,3-4,7,14H2,1-2H3. The van der Waals surface area contributed by atoms with Crippen molar-refractivity contribution in [1.82, 2.24) is 0 Å². The van der Waals surface area contributed by atoms with Gasteiger partial charge in [-0.25, -0.2) is 8.78 Å². The molecule has 15 heavy (non-hydrogen) atoms. The molecule has 0 unspecified atom stereocenters. The lowest BCUT2D eigenvalue weighted by atomic mass is 10.1. The molecule has 0 heterocycles. The van der Waals surface area contributed by atoms with Gasteiger partial charge in [-0.1, -0.05) is 0 Å². The van der Waals surface area contributed by atoms with E-state index in [-0.39, 0.29) is 12.2 Å². The molecule has 0 saturated carbocycles. The van der Waals surface area contributed by atoms with Crippen LogP contribution in [0, 0.1) is 11.6 Å². The number of hydrogen-bond donors (Lipinski definition) is 1. The third-order valence-electron chi connectivity index (χ3n) is 2.39. The van der Waals surface area contributed by atoms with E-state index in [9.17, 15) is 8.78 Å². The zero-order valence-electron chi connectivity index (χ0n) is 9.06. The lowest BCUT2D eigenvalue weighted by Crippen LogP contribution is -2.24. The van der Waals surface area contributed by atoms with Crippen LogP contribution in [0.4, 0.5) is 14.5 Å². The number of benzene rings is 1. The monoisotopic (exact) mass is 214 g/mol. The number of anilines is 1. The summed E-state index contributed by atoms with van der Waals surface area (Å²) in [5, 5.41) is 0. The molecule has 0 aromatic heterocycles. The second-order valence-electron chi connectivity index (χ2n) is 3.28. The number of nitrogens with zero attached hydrogens (tertiary/aromatic N) is 1. The minimum absolute atomic E-state index is 0.0391. The van der Waals surface area contributed by atoms with Crippen LogP contribution >= 0.6 is 0 Å². The maximum Gasteiger partial charge on any atom is 0.149 e. The Kier molecular flexibility index (Phi) is 4.03. The Morgan fingerprint density at radius 2 is 1.60 bits per heavy atom. The minimum atomic E-state index is -0.542. The maximum atomic E-state index is 13.6. The molecule has 1 aromatic carbocycles. The van der Waals surface area contributed by atoms with E-state index in [1.165, 1.54) is 12.1 Å². The van der Waals surface area contributed by atoms with E-state index >= 15 is 0 Å². The average Bonchev–Trinajstić information content (AvgIpc) is 2.23. The SMILES string of the molecule is CCN(CC)c1c(F)cc(CN)cc1F. The summed E-state index contributed by atoms with van der Waals surface area (Å²) in [6, 6.07) is 2.58. The summed E-state index contributed by atoms with van der Waals surface area (Å²) >= 11 is 0. The Hall–Kier alpha value is -1.16. The van der Waals surface area contributed by atoms with Crippen LogP contribution in [0.25, 0.3) is 0 Å². The van der Waals surface area contributed by atoms with Crippen molar-refractivity contribution in [2.45, 2.75) is 20.4 Å². The van der Waals surface area contributed by atoms with Gasteiger partial charge in [-0.2, -0.15) is 0 Å². The molecule has 0 atom stereocenters. The van der Waals surface area contributed by atoms with Gasteiger partial charge in [0.05, 0.1) is 0 Å². The molecule has 0 spiro atoms. The highest BCUT2D eigenvalue weighted by molar-refractivity contribution is 5.50. The second-order valence-corrected chi connectivity index (χ2v) is 3.28. The van der Waals surface area contributed by atoms with E-state index in [0.29, 0.717) is 18.7 Å². The molecule has 2 N–H and O–H groups in total. The first-order chi connectivity index (χ1) is 7.13. The van der Waals surface area contributed by atoms with E-state index in [1.54, 1.807) is 4.90 Å². The highest BCUT2D eigenvalue weighted by atomic mass is 19.1. The number of halogens is 2. The molecule has 0 aliphatic heterocycles. The fourth-order valence-corrected chi connectivity index (χ4v) is 1.58. The molecule has 4 heteroatoms. The number of hydrogen-bond acceptors (Lipinski definition) is 2. The molecule has 0 fully saturated rings. The molecule has 1 aromatic rings. The summed E-state index contributed by atoms with van der Waals surface area (Å²) in [7, 11) is 0. The quantitative estimate of drug-likeness (QED) is 0.833. The Labute approximate surface area is 88.7 Å². The number of rotatable bonds is 4. The third kappa shape index (κ3) is 2.45. The molecule has 0 amide bonds. The summed E-state index contributed by atoms with van der Waals surface area (Å²) in [5.74, 6) is -1.08. The zero-order valence-corrected chi connectivity index (χ0v) is 9.06. The summed E-state index contributed by atoms with van der Waals surface area (Å²) in [5.41, 5.74) is 5.84. The van der Waals surface area contributed by atoms with Crippen molar-refractivity contribution in [2.24, 2.45) is 5.73 Å². The van der Waals surface area contributed by atoms with Crippen molar-refractivity contribution in [3.8, 4) is 0 Å². The predicted octanol–water partition coefficient (Wildman–Crippen LogP) is 2.27. The topological polar surface area (TPSA) is 29.3 Å². The van der Waals surface area contributed by atoms with Gasteiger partial charge in [-0.15, -0.1) is 0 Å². The summed E-state index contributed by atoms with van der Waals surface area (Å²) < 4.78 is 27.2. The fourth-order valence-electron chi connectivity index (χ4n) is 1.58. The van der Waals surface area contributed by atoms with Gasteiger partial charge in [0.2, 0.25) is 0 Å². The Morgan fingerprint density at radius 3 is 1.93 bits per heavy atom. The van der Waals surface area contributed by atoms with Gasteiger partial charge in [-0.3, -0.25) is 0 Å². The van der Waals surface area contributed by atoms with Crippen LogP contribution in [-0.2, 0) is 6.54 Å². The number of nitrogens with two attached hydrogens (primary N) is 1. The van der Waals surface area contributed by atoms with Gasteiger partial charge >= 0.3 is 0 Å². The molecule has 0 saturated heterocycles. The van der Waals surface area contributed by atoms with E-state index in [0.717, 1.165) is 0 Å². The largest absolute Gasteiger partial charge is 0.367 e. The second kappa shape index (κ2) is 5.07. The van der Waals surface area contributed by atoms with Crippen molar-refractivity contribution in [3.63, 3.8) is 0 Å². The molecular weight excluding hydrogens is 198 g/mol. The third-order valence-corrected chi connectivity index (χ3v) is 2.39. The molecule has 0 bridgehead atoms. The van der Waals surface area contributed by atoms with E-state index in [1.807, 2.05) is 13.8 Å². The Morgan fingerprint density at radius 1 is 1.13 bits per heavy atom. The first-order valence-electron chi connectivity index (χ1n) is 5.06. The van der Waals surface area contributed by atoms with Crippen LogP contribution in [0.5, 0.6) is 0 Å².